The summed E-state index contributed by atoms with van der Waals surface area (Å²) in [5, 5.41) is 3.19. The van der Waals surface area contributed by atoms with Crippen LogP contribution < -0.4 is 5.32 Å². The molecule has 0 aliphatic heterocycles. The molecule has 1 heterocycles. The van der Waals surface area contributed by atoms with Crippen molar-refractivity contribution in [2.45, 2.75) is 45.1 Å². The SMILES string of the molecule is CC(C)(C)OC(=O)Nc1cc(Cl)cc(C2CC2)n1. The van der Waals surface area contributed by atoms with Crippen molar-refractivity contribution in [3.05, 3.63) is 22.8 Å². The predicted molar refractivity (Wildman–Crippen MR) is 71.1 cm³/mol. The average molecular weight is 269 g/mol. The molecule has 1 aliphatic rings. The minimum absolute atomic E-state index is 0.443. The molecule has 4 nitrogen and oxygen atoms in total. The Kier molecular flexibility index (Phi) is 3.48. The van der Waals surface area contributed by atoms with Gasteiger partial charge in [-0.1, -0.05) is 11.6 Å². The van der Waals surface area contributed by atoms with Crippen LogP contribution in [0.4, 0.5) is 10.6 Å². The zero-order chi connectivity index (χ0) is 13.3. The maximum absolute atomic E-state index is 11.6. The van der Waals surface area contributed by atoms with Gasteiger partial charge in [0.25, 0.3) is 0 Å². The quantitative estimate of drug-likeness (QED) is 0.883. The van der Waals surface area contributed by atoms with E-state index in [9.17, 15) is 4.79 Å². The Labute approximate surface area is 112 Å². The Morgan fingerprint density at radius 3 is 2.67 bits per heavy atom. The van der Waals surface area contributed by atoms with Crippen molar-refractivity contribution in [3.63, 3.8) is 0 Å². The number of carbonyl (C=O) groups excluding carboxylic acids is 1. The minimum atomic E-state index is -0.526. The number of halogens is 1. The second kappa shape index (κ2) is 4.76. The maximum atomic E-state index is 11.6. The molecule has 0 atom stereocenters. The van der Waals surface area contributed by atoms with Gasteiger partial charge in [0.1, 0.15) is 11.4 Å². The molecule has 1 N–H and O–H groups in total. The molecule has 0 aromatic carbocycles. The lowest BCUT2D eigenvalue weighted by atomic mass is 10.2. The molecule has 5 heteroatoms. The number of ether oxygens (including phenoxy) is 1. The van der Waals surface area contributed by atoms with Gasteiger partial charge in [-0.2, -0.15) is 0 Å². The molecular formula is C13H17ClN2O2. The maximum Gasteiger partial charge on any atom is 0.413 e. The third-order valence-corrected chi connectivity index (χ3v) is 2.65. The highest BCUT2D eigenvalue weighted by atomic mass is 35.5. The van der Waals surface area contributed by atoms with Crippen LogP contribution in [0.5, 0.6) is 0 Å². The van der Waals surface area contributed by atoms with E-state index in [-0.39, 0.29) is 0 Å². The van der Waals surface area contributed by atoms with E-state index in [2.05, 4.69) is 10.3 Å². The normalized spacial score (nSPS) is 15.3. The summed E-state index contributed by atoms with van der Waals surface area (Å²) in [6.45, 7) is 5.44. The highest BCUT2D eigenvalue weighted by molar-refractivity contribution is 6.30. The van der Waals surface area contributed by atoms with E-state index < -0.39 is 11.7 Å². The Bertz CT molecular complexity index is 465. The molecule has 1 amide bonds. The molecule has 0 bridgehead atoms. The monoisotopic (exact) mass is 268 g/mol. The first-order valence-corrected chi connectivity index (χ1v) is 6.39. The molecule has 1 aromatic heterocycles. The lowest BCUT2D eigenvalue weighted by Crippen LogP contribution is -2.27. The molecule has 0 unspecified atom stereocenters. The first-order valence-electron chi connectivity index (χ1n) is 6.01. The summed E-state index contributed by atoms with van der Waals surface area (Å²) in [6, 6.07) is 3.47. The number of nitrogens with zero attached hydrogens (tertiary/aromatic N) is 1. The van der Waals surface area contributed by atoms with Crippen molar-refractivity contribution >= 4 is 23.5 Å². The number of amides is 1. The number of pyridine rings is 1. The van der Waals surface area contributed by atoms with E-state index in [1.165, 1.54) is 0 Å². The van der Waals surface area contributed by atoms with Gasteiger partial charge in [0, 0.05) is 16.6 Å². The number of anilines is 1. The van der Waals surface area contributed by atoms with E-state index in [4.69, 9.17) is 16.3 Å². The van der Waals surface area contributed by atoms with Gasteiger partial charge in [-0.15, -0.1) is 0 Å². The van der Waals surface area contributed by atoms with Gasteiger partial charge in [0.15, 0.2) is 0 Å². The lowest BCUT2D eigenvalue weighted by molar-refractivity contribution is 0.0635. The van der Waals surface area contributed by atoms with Gasteiger partial charge in [0.2, 0.25) is 0 Å². The minimum Gasteiger partial charge on any atom is -0.444 e. The van der Waals surface area contributed by atoms with E-state index >= 15 is 0 Å². The Morgan fingerprint density at radius 1 is 1.44 bits per heavy atom. The van der Waals surface area contributed by atoms with Crippen molar-refractivity contribution in [1.29, 1.82) is 0 Å². The highest BCUT2D eigenvalue weighted by Gasteiger charge is 2.26. The van der Waals surface area contributed by atoms with E-state index in [1.807, 2.05) is 26.8 Å². The molecule has 18 heavy (non-hydrogen) atoms. The Morgan fingerprint density at radius 2 is 2.11 bits per heavy atom. The second-order valence-corrected chi connectivity index (χ2v) is 5.93. The van der Waals surface area contributed by atoms with Gasteiger partial charge in [0.05, 0.1) is 0 Å². The largest absolute Gasteiger partial charge is 0.444 e. The molecule has 2 rings (SSSR count). The summed E-state index contributed by atoms with van der Waals surface area (Å²) in [4.78, 5) is 16.0. The van der Waals surface area contributed by atoms with Crippen molar-refractivity contribution < 1.29 is 9.53 Å². The van der Waals surface area contributed by atoms with Crippen LogP contribution in [0.3, 0.4) is 0 Å². The Hall–Kier alpha value is -1.29. The number of hydrogen-bond donors (Lipinski definition) is 1. The zero-order valence-electron chi connectivity index (χ0n) is 10.8. The van der Waals surface area contributed by atoms with Crippen LogP contribution in [0.1, 0.15) is 45.2 Å². The Balaban J connectivity index is 2.06. The summed E-state index contributed by atoms with van der Waals surface area (Å²) in [6.07, 6.45) is 1.76. The van der Waals surface area contributed by atoms with Gasteiger partial charge >= 0.3 is 6.09 Å². The van der Waals surface area contributed by atoms with Crippen molar-refractivity contribution in [1.82, 2.24) is 4.98 Å². The average Bonchev–Trinajstić information content (AvgIpc) is 2.95. The summed E-state index contributed by atoms with van der Waals surface area (Å²) in [7, 11) is 0. The standard InChI is InChI=1S/C13H17ClN2O2/c1-13(2,3)18-12(17)16-11-7-9(14)6-10(15-11)8-4-5-8/h6-8H,4-5H2,1-3H3,(H,15,16,17). The lowest BCUT2D eigenvalue weighted by Gasteiger charge is -2.19. The fourth-order valence-corrected chi connectivity index (χ4v) is 1.79. The number of carbonyl (C=O) groups is 1. The third-order valence-electron chi connectivity index (χ3n) is 2.43. The number of hydrogen-bond acceptors (Lipinski definition) is 3. The van der Waals surface area contributed by atoms with Gasteiger partial charge < -0.3 is 4.74 Å². The summed E-state index contributed by atoms with van der Waals surface area (Å²) >= 11 is 6.01. The number of rotatable bonds is 2. The molecule has 1 aliphatic carbocycles. The number of aromatic nitrogens is 1. The van der Waals surface area contributed by atoms with Gasteiger partial charge in [-0.3, -0.25) is 5.32 Å². The summed E-state index contributed by atoms with van der Waals surface area (Å²) in [5.74, 6) is 0.932. The topological polar surface area (TPSA) is 51.2 Å². The van der Waals surface area contributed by atoms with E-state index in [1.54, 1.807) is 6.07 Å². The first kappa shape index (κ1) is 13.1. The van der Waals surface area contributed by atoms with Crippen LogP contribution in [-0.2, 0) is 4.74 Å². The predicted octanol–water partition coefficient (Wildman–Crippen LogP) is 3.96. The van der Waals surface area contributed by atoms with E-state index in [0.29, 0.717) is 16.8 Å². The molecule has 1 aromatic rings. The second-order valence-electron chi connectivity index (χ2n) is 5.50. The number of nitrogens with one attached hydrogen (secondary N) is 1. The first-order chi connectivity index (χ1) is 8.33. The summed E-state index contributed by atoms with van der Waals surface area (Å²) in [5.41, 5.74) is 0.413. The fourth-order valence-electron chi connectivity index (χ4n) is 1.58. The van der Waals surface area contributed by atoms with Crippen LogP contribution in [0.25, 0.3) is 0 Å². The smallest absolute Gasteiger partial charge is 0.413 e. The van der Waals surface area contributed by atoms with Gasteiger partial charge in [-0.25, -0.2) is 9.78 Å². The zero-order valence-corrected chi connectivity index (χ0v) is 11.5. The van der Waals surface area contributed by atoms with Crippen LogP contribution in [-0.4, -0.2) is 16.7 Å². The van der Waals surface area contributed by atoms with E-state index in [0.717, 1.165) is 18.5 Å². The van der Waals surface area contributed by atoms with Crippen molar-refractivity contribution in [2.75, 3.05) is 5.32 Å². The molecule has 0 spiro atoms. The molecule has 1 fully saturated rings. The van der Waals surface area contributed by atoms with Gasteiger partial charge in [-0.05, 0) is 45.7 Å². The molecule has 1 saturated carbocycles. The van der Waals surface area contributed by atoms with Crippen LogP contribution in [0.15, 0.2) is 12.1 Å². The molecule has 0 radical (unpaired) electrons. The summed E-state index contributed by atoms with van der Waals surface area (Å²) < 4.78 is 5.16. The van der Waals surface area contributed by atoms with Crippen LogP contribution in [0.2, 0.25) is 5.02 Å². The third kappa shape index (κ3) is 3.88. The van der Waals surface area contributed by atoms with Crippen LogP contribution >= 0.6 is 11.6 Å². The molecule has 98 valence electrons. The van der Waals surface area contributed by atoms with Crippen LogP contribution in [0, 0.1) is 0 Å². The van der Waals surface area contributed by atoms with Crippen molar-refractivity contribution in [3.8, 4) is 0 Å². The molecule has 0 saturated heterocycles. The highest BCUT2D eigenvalue weighted by Crippen LogP contribution is 2.40. The van der Waals surface area contributed by atoms with Crippen molar-refractivity contribution in [2.24, 2.45) is 0 Å². The fraction of sp³-hybridized carbons (Fsp3) is 0.538. The molecular weight excluding hydrogens is 252 g/mol.